The molecule has 0 saturated carbocycles. The van der Waals surface area contributed by atoms with Crippen LogP contribution in [0.1, 0.15) is 18.9 Å². The van der Waals surface area contributed by atoms with E-state index in [1.54, 1.807) is 18.3 Å². The number of nitrogens with zero attached hydrogens (tertiary/aromatic N) is 2. The molecule has 1 aromatic carbocycles. The van der Waals surface area contributed by atoms with E-state index in [1.165, 1.54) is 23.9 Å². The molecule has 0 aliphatic rings. The van der Waals surface area contributed by atoms with Crippen LogP contribution in [0.25, 0.3) is 0 Å². The Morgan fingerprint density at radius 2 is 2.19 bits per heavy atom. The van der Waals surface area contributed by atoms with E-state index in [0.29, 0.717) is 17.0 Å². The molecule has 0 amide bonds. The van der Waals surface area contributed by atoms with E-state index in [-0.39, 0.29) is 12.1 Å². The van der Waals surface area contributed by atoms with E-state index in [2.05, 4.69) is 10.4 Å². The van der Waals surface area contributed by atoms with Crippen molar-refractivity contribution in [2.75, 3.05) is 19.0 Å². The number of methoxy groups -OCH3 is 1. The molecule has 0 aliphatic heterocycles. The first-order valence-electron chi connectivity index (χ1n) is 6.77. The average molecular weight is 291 g/mol. The zero-order valence-electron chi connectivity index (χ0n) is 12.1. The summed E-state index contributed by atoms with van der Waals surface area (Å²) in [6.45, 7) is 2.90. The summed E-state index contributed by atoms with van der Waals surface area (Å²) in [6.07, 6.45) is 2.53. The Balaban J connectivity index is 2.18. The van der Waals surface area contributed by atoms with Gasteiger partial charge in [0.15, 0.2) is 0 Å². The summed E-state index contributed by atoms with van der Waals surface area (Å²) in [5, 5.41) is 7.14. The Kier molecular flexibility index (Phi) is 4.92. The van der Waals surface area contributed by atoms with Crippen LogP contribution in [0.4, 0.5) is 10.1 Å². The van der Waals surface area contributed by atoms with Gasteiger partial charge in [0.25, 0.3) is 5.56 Å². The van der Waals surface area contributed by atoms with Gasteiger partial charge >= 0.3 is 0 Å². The second-order valence-corrected chi connectivity index (χ2v) is 4.62. The predicted molar refractivity (Wildman–Crippen MR) is 79.3 cm³/mol. The second-order valence-electron chi connectivity index (χ2n) is 4.62. The Hall–Kier alpha value is -2.37. The lowest BCUT2D eigenvalue weighted by molar-refractivity contribution is 0.410. The summed E-state index contributed by atoms with van der Waals surface area (Å²) < 4.78 is 20.0. The van der Waals surface area contributed by atoms with Gasteiger partial charge in [-0.1, -0.05) is 13.0 Å². The second kappa shape index (κ2) is 6.88. The normalized spacial score (nSPS) is 10.4. The molecular weight excluding hydrogens is 273 g/mol. The summed E-state index contributed by atoms with van der Waals surface area (Å²) in [5.74, 6) is 0.0203. The maximum Gasteiger partial charge on any atom is 0.269 e. The maximum atomic E-state index is 13.9. The molecule has 0 saturated heterocycles. The number of anilines is 1. The van der Waals surface area contributed by atoms with Gasteiger partial charge in [0, 0.05) is 24.2 Å². The molecule has 0 atom stereocenters. The molecular formula is C15H18FN3O2. The molecule has 6 heteroatoms. The molecule has 1 heterocycles. The summed E-state index contributed by atoms with van der Waals surface area (Å²) in [5.41, 5.74) is 0.791. The number of benzene rings is 1. The first-order valence-corrected chi connectivity index (χ1v) is 6.77. The number of hydrogen-bond acceptors (Lipinski definition) is 4. The molecule has 1 N–H and O–H groups in total. The van der Waals surface area contributed by atoms with Crippen molar-refractivity contribution in [1.82, 2.24) is 9.78 Å². The quantitative estimate of drug-likeness (QED) is 0.887. The predicted octanol–water partition coefficient (Wildman–Crippen LogP) is 2.26. The third-order valence-electron chi connectivity index (χ3n) is 3.03. The van der Waals surface area contributed by atoms with Crippen LogP contribution < -0.4 is 15.6 Å². The molecule has 2 aromatic rings. The monoisotopic (exact) mass is 291 g/mol. The van der Waals surface area contributed by atoms with E-state index < -0.39 is 5.82 Å². The molecule has 0 fully saturated rings. The number of halogens is 1. The van der Waals surface area contributed by atoms with Crippen LogP contribution in [0.2, 0.25) is 0 Å². The minimum Gasteiger partial charge on any atom is -0.497 e. The fourth-order valence-corrected chi connectivity index (χ4v) is 1.86. The third-order valence-corrected chi connectivity index (χ3v) is 3.03. The lowest BCUT2D eigenvalue weighted by atomic mass is 10.2. The summed E-state index contributed by atoms with van der Waals surface area (Å²) >= 11 is 0. The SMILES string of the molecule is CCCNc1cnn(Cc2ccc(OC)cc2F)c(=O)c1. The number of ether oxygens (including phenoxy) is 1. The van der Waals surface area contributed by atoms with Crippen molar-refractivity contribution in [2.24, 2.45) is 0 Å². The van der Waals surface area contributed by atoms with Crippen molar-refractivity contribution in [3.05, 3.63) is 52.2 Å². The Morgan fingerprint density at radius 3 is 2.81 bits per heavy atom. The van der Waals surface area contributed by atoms with E-state index in [0.717, 1.165) is 13.0 Å². The summed E-state index contributed by atoms with van der Waals surface area (Å²) in [7, 11) is 1.47. The molecule has 0 radical (unpaired) electrons. The van der Waals surface area contributed by atoms with E-state index in [1.807, 2.05) is 6.92 Å². The van der Waals surface area contributed by atoms with Gasteiger partial charge in [0.05, 0.1) is 25.5 Å². The van der Waals surface area contributed by atoms with Gasteiger partial charge in [0.2, 0.25) is 0 Å². The average Bonchev–Trinajstić information content (AvgIpc) is 2.49. The lowest BCUT2D eigenvalue weighted by Crippen LogP contribution is -2.23. The lowest BCUT2D eigenvalue weighted by Gasteiger charge is -2.09. The number of hydrogen-bond donors (Lipinski definition) is 1. The third kappa shape index (κ3) is 3.81. The molecule has 0 bridgehead atoms. The largest absolute Gasteiger partial charge is 0.497 e. The first-order chi connectivity index (χ1) is 10.1. The topological polar surface area (TPSA) is 56.1 Å². The van der Waals surface area contributed by atoms with Gasteiger partial charge in [-0.25, -0.2) is 9.07 Å². The van der Waals surface area contributed by atoms with E-state index in [4.69, 9.17) is 4.74 Å². The van der Waals surface area contributed by atoms with Crippen molar-refractivity contribution < 1.29 is 9.13 Å². The van der Waals surface area contributed by atoms with Crippen LogP contribution in [0.5, 0.6) is 5.75 Å². The summed E-state index contributed by atoms with van der Waals surface area (Å²) in [4.78, 5) is 12.0. The zero-order chi connectivity index (χ0) is 15.2. The number of rotatable bonds is 6. The molecule has 0 spiro atoms. The van der Waals surface area contributed by atoms with E-state index >= 15 is 0 Å². The van der Waals surface area contributed by atoms with Crippen molar-refractivity contribution >= 4 is 5.69 Å². The van der Waals surface area contributed by atoms with E-state index in [9.17, 15) is 9.18 Å². The zero-order valence-corrected chi connectivity index (χ0v) is 12.1. The van der Waals surface area contributed by atoms with Crippen LogP contribution in [-0.4, -0.2) is 23.4 Å². The van der Waals surface area contributed by atoms with Gasteiger partial charge < -0.3 is 10.1 Å². The van der Waals surface area contributed by atoms with Crippen LogP contribution in [0.15, 0.2) is 35.3 Å². The number of nitrogens with one attached hydrogen (secondary N) is 1. The van der Waals surface area contributed by atoms with Crippen molar-refractivity contribution in [1.29, 1.82) is 0 Å². The minimum atomic E-state index is -0.420. The molecule has 5 nitrogen and oxygen atoms in total. The Morgan fingerprint density at radius 1 is 1.38 bits per heavy atom. The van der Waals surface area contributed by atoms with Gasteiger partial charge in [0.1, 0.15) is 11.6 Å². The van der Waals surface area contributed by atoms with Crippen LogP contribution in [-0.2, 0) is 6.54 Å². The van der Waals surface area contributed by atoms with Crippen molar-refractivity contribution in [2.45, 2.75) is 19.9 Å². The fourth-order valence-electron chi connectivity index (χ4n) is 1.86. The van der Waals surface area contributed by atoms with Gasteiger partial charge in [-0.2, -0.15) is 5.10 Å². The molecule has 2 rings (SSSR count). The molecule has 0 unspecified atom stereocenters. The van der Waals surface area contributed by atoms with Crippen molar-refractivity contribution in [3.63, 3.8) is 0 Å². The van der Waals surface area contributed by atoms with Crippen LogP contribution in [0, 0.1) is 5.82 Å². The highest BCUT2D eigenvalue weighted by Crippen LogP contribution is 2.16. The highest BCUT2D eigenvalue weighted by Gasteiger charge is 2.07. The molecule has 21 heavy (non-hydrogen) atoms. The Labute approximate surface area is 122 Å². The first kappa shape index (κ1) is 15.0. The summed E-state index contributed by atoms with van der Waals surface area (Å²) in [6, 6.07) is 5.99. The van der Waals surface area contributed by atoms with Crippen LogP contribution in [0.3, 0.4) is 0 Å². The fraction of sp³-hybridized carbons (Fsp3) is 0.333. The van der Waals surface area contributed by atoms with Crippen molar-refractivity contribution in [3.8, 4) is 5.75 Å². The van der Waals surface area contributed by atoms with Gasteiger partial charge in [-0.3, -0.25) is 4.79 Å². The smallest absolute Gasteiger partial charge is 0.269 e. The van der Waals surface area contributed by atoms with Crippen LogP contribution >= 0.6 is 0 Å². The highest BCUT2D eigenvalue weighted by molar-refractivity contribution is 5.38. The number of aromatic nitrogens is 2. The van der Waals surface area contributed by atoms with Gasteiger partial charge in [-0.15, -0.1) is 0 Å². The highest BCUT2D eigenvalue weighted by atomic mass is 19.1. The Bertz CT molecular complexity index is 670. The van der Waals surface area contributed by atoms with Gasteiger partial charge in [-0.05, 0) is 12.5 Å². The maximum absolute atomic E-state index is 13.9. The minimum absolute atomic E-state index is 0.0860. The molecule has 112 valence electrons. The molecule has 0 aliphatic carbocycles. The standard InChI is InChI=1S/C15H18FN3O2/c1-3-6-17-12-7-15(20)19(18-9-12)10-11-4-5-13(21-2)8-14(11)16/h4-5,7-9,17H,3,6,10H2,1-2H3. The molecule has 1 aromatic heterocycles.